The number of hydrogen-bond donors (Lipinski definition) is 2. The van der Waals surface area contributed by atoms with Crippen molar-refractivity contribution in [3.63, 3.8) is 0 Å². The average Bonchev–Trinajstić information content (AvgIpc) is 2.27. The molecule has 4 heteroatoms. The van der Waals surface area contributed by atoms with Crippen LogP contribution in [-0.4, -0.2) is 20.1 Å². The van der Waals surface area contributed by atoms with E-state index in [1.165, 1.54) is 0 Å². The zero-order chi connectivity index (χ0) is 11.1. The van der Waals surface area contributed by atoms with Crippen LogP contribution in [0.25, 0.3) is 0 Å². The van der Waals surface area contributed by atoms with Gasteiger partial charge in [0, 0.05) is 13.1 Å². The molecule has 0 aliphatic carbocycles. The highest BCUT2D eigenvalue weighted by Gasteiger charge is 2.14. The molecule has 0 fully saturated rings. The third-order valence-corrected chi connectivity index (χ3v) is 2.14. The first-order chi connectivity index (χ1) is 7.27. The number of rotatable bonds is 5. The Morgan fingerprint density at radius 2 is 2.00 bits per heavy atom. The molecule has 0 radical (unpaired) electrons. The Morgan fingerprint density at radius 1 is 1.33 bits per heavy atom. The molecule has 0 amide bonds. The van der Waals surface area contributed by atoms with Gasteiger partial charge in [-0.1, -0.05) is 30.3 Å². The number of nitrogens with one attached hydrogen (secondary N) is 2. The van der Waals surface area contributed by atoms with Gasteiger partial charge in [0.1, 0.15) is 0 Å². The fourth-order valence-electron chi connectivity index (χ4n) is 1.39. The summed E-state index contributed by atoms with van der Waals surface area (Å²) >= 11 is 0. The lowest BCUT2D eigenvalue weighted by Crippen LogP contribution is -2.23. The van der Waals surface area contributed by atoms with Crippen molar-refractivity contribution in [3.8, 4) is 0 Å². The maximum absolute atomic E-state index is 11.3. The summed E-state index contributed by atoms with van der Waals surface area (Å²) in [6, 6.07) is 9.79. The average molecular weight is 208 g/mol. The van der Waals surface area contributed by atoms with E-state index in [9.17, 15) is 4.79 Å². The Hall–Kier alpha value is -1.39. The molecule has 1 unspecified atom stereocenters. The van der Waals surface area contributed by atoms with E-state index >= 15 is 0 Å². The first-order valence-corrected chi connectivity index (χ1v) is 4.86. The first-order valence-electron chi connectivity index (χ1n) is 4.86. The topological polar surface area (TPSA) is 50.4 Å². The van der Waals surface area contributed by atoms with E-state index < -0.39 is 0 Å². The van der Waals surface area contributed by atoms with E-state index in [0.29, 0.717) is 6.42 Å². The summed E-state index contributed by atoms with van der Waals surface area (Å²) < 4.78 is 0. The molecule has 0 aromatic heterocycles. The van der Waals surface area contributed by atoms with Crippen LogP contribution in [0.3, 0.4) is 0 Å². The van der Waals surface area contributed by atoms with E-state index in [0.717, 1.165) is 5.56 Å². The van der Waals surface area contributed by atoms with Gasteiger partial charge in [0.15, 0.2) is 0 Å². The zero-order valence-corrected chi connectivity index (χ0v) is 8.99. The summed E-state index contributed by atoms with van der Waals surface area (Å²) in [5, 5.41) is 3.08. The lowest BCUT2D eigenvalue weighted by Gasteiger charge is -2.15. The van der Waals surface area contributed by atoms with Crippen molar-refractivity contribution in [2.75, 3.05) is 14.1 Å². The smallest absolute Gasteiger partial charge is 0.326 e. The van der Waals surface area contributed by atoms with Crippen molar-refractivity contribution in [1.29, 1.82) is 0 Å². The highest BCUT2D eigenvalue weighted by Crippen LogP contribution is 2.15. The van der Waals surface area contributed by atoms with Crippen molar-refractivity contribution < 1.29 is 9.63 Å². The summed E-state index contributed by atoms with van der Waals surface area (Å²) in [5.74, 6) is -0.277. The summed E-state index contributed by atoms with van der Waals surface area (Å²) in [4.78, 5) is 15.9. The van der Waals surface area contributed by atoms with Crippen molar-refractivity contribution in [3.05, 3.63) is 35.9 Å². The second kappa shape index (κ2) is 6.16. The minimum Gasteiger partial charge on any atom is -0.371 e. The third-order valence-electron chi connectivity index (χ3n) is 2.14. The number of hydroxylamine groups is 1. The maximum Gasteiger partial charge on any atom is 0.326 e. The Kier molecular flexibility index (Phi) is 4.80. The van der Waals surface area contributed by atoms with E-state index in [1.54, 1.807) is 7.05 Å². The van der Waals surface area contributed by atoms with Gasteiger partial charge >= 0.3 is 5.97 Å². The highest BCUT2D eigenvalue weighted by atomic mass is 16.7. The summed E-state index contributed by atoms with van der Waals surface area (Å²) in [6.45, 7) is 0. The van der Waals surface area contributed by atoms with Crippen LogP contribution >= 0.6 is 0 Å². The van der Waals surface area contributed by atoms with Gasteiger partial charge in [0.05, 0.1) is 6.42 Å². The molecule has 4 nitrogen and oxygen atoms in total. The number of hydrogen-bond acceptors (Lipinski definition) is 4. The van der Waals surface area contributed by atoms with Gasteiger partial charge in [-0.2, -0.15) is 5.48 Å². The molecule has 1 aromatic rings. The van der Waals surface area contributed by atoms with Gasteiger partial charge in [-0.05, 0) is 12.6 Å². The van der Waals surface area contributed by atoms with Crippen molar-refractivity contribution >= 4 is 5.97 Å². The van der Waals surface area contributed by atoms with E-state index in [4.69, 9.17) is 0 Å². The molecule has 0 aliphatic rings. The SMILES string of the molecule is CNOC(=O)CC(NC)c1ccccc1. The lowest BCUT2D eigenvalue weighted by molar-refractivity contribution is -0.150. The Bertz CT molecular complexity index is 301. The Balaban J connectivity index is 2.61. The monoisotopic (exact) mass is 208 g/mol. The highest BCUT2D eigenvalue weighted by molar-refractivity contribution is 5.70. The molecule has 15 heavy (non-hydrogen) atoms. The minimum absolute atomic E-state index is 0.00736. The normalized spacial score (nSPS) is 12.1. The van der Waals surface area contributed by atoms with E-state index in [1.807, 2.05) is 37.4 Å². The molecule has 0 heterocycles. The fourth-order valence-corrected chi connectivity index (χ4v) is 1.39. The van der Waals surface area contributed by atoms with Crippen molar-refractivity contribution in [2.45, 2.75) is 12.5 Å². The van der Waals surface area contributed by atoms with E-state index in [2.05, 4.69) is 15.6 Å². The quantitative estimate of drug-likeness (QED) is 0.709. The van der Waals surface area contributed by atoms with Gasteiger partial charge < -0.3 is 10.2 Å². The van der Waals surface area contributed by atoms with Gasteiger partial charge in [-0.15, -0.1) is 0 Å². The summed E-state index contributed by atoms with van der Waals surface area (Å²) in [5.41, 5.74) is 3.45. The fraction of sp³-hybridized carbons (Fsp3) is 0.364. The Labute approximate surface area is 89.6 Å². The largest absolute Gasteiger partial charge is 0.371 e. The van der Waals surface area contributed by atoms with Crippen LogP contribution in [0.2, 0.25) is 0 Å². The number of carbonyl (C=O) groups is 1. The van der Waals surface area contributed by atoms with Crippen LogP contribution in [0.4, 0.5) is 0 Å². The van der Waals surface area contributed by atoms with Crippen LogP contribution in [0.5, 0.6) is 0 Å². The first kappa shape index (κ1) is 11.7. The maximum atomic E-state index is 11.3. The molecule has 0 spiro atoms. The summed E-state index contributed by atoms with van der Waals surface area (Å²) in [6.07, 6.45) is 0.307. The molecule has 0 bridgehead atoms. The molecule has 0 aliphatic heterocycles. The van der Waals surface area contributed by atoms with Crippen molar-refractivity contribution in [2.24, 2.45) is 0 Å². The third kappa shape index (κ3) is 3.69. The van der Waals surface area contributed by atoms with Crippen LogP contribution in [0.15, 0.2) is 30.3 Å². The van der Waals surface area contributed by atoms with Crippen LogP contribution < -0.4 is 10.8 Å². The molecule has 82 valence electrons. The van der Waals surface area contributed by atoms with Gasteiger partial charge in [0.25, 0.3) is 0 Å². The molecule has 1 rings (SSSR count). The lowest BCUT2D eigenvalue weighted by atomic mass is 10.0. The van der Waals surface area contributed by atoms with Crippen LogP contribution in [0.1, 0.15) is 18.0 Å². The molecular formula is C11H16N2O2. The molecule has 0 saturated heterocycles. The van der Waals surface area contributed by atoms with Crippen LogP contribution in [-0.2, 0) is 9.63 Å². The molecule has 0 saturated carbocycles. The summed E-state index contributed by atoms with van der Waals surface area (Å²) in [7, 11) is 3.39. The second-order valence-corrected chi connectivity index (χ2v) is 3.13. The molecule has 2 N–H and O–H groups in total. The minimum atomic E-state index is -0.277. The molecule has 1 aromatic carbocycles. The van der Waals surface area contributed by atoms with E-state index in [-0.39, 0.29) is 12.0 Å². The van der Waals surface area contributed by atoms with Gasteiger partial charge in [0.2, 0.25) is 0 Å². The van der Waals surface area contributed by atoms with Crippen molar-refractivity contribution in [1.82, 2.24) is 10.8 Å². The number of carbonyl (C=O) groups excluding carboxylic acids is 1. The number of benzene rings is 1. The standard InChI is InChI=1S/C11H16N2O2/c1-12-10(8-11(14)15-13-2)9-6-4-3-5-7-9/h3-7,10,12-13H,8H2,1-2H3. The van der Waals surface area contributed by atoms with Crippen LogP contribution in [0, 0.1) is 0 Å². The van der Waals surface area contributed by atoms with Gasteiger partial charge in [-0.3, -0.25) is 4.79 Å². The zero-order valence-electron chi connectivity index (χ0n) is 8.99. The second-order valence-electron chi connectivity index (χ2n) is 3.13. The van der Waals surface area contributed by atoms with Gasteiger partial charge in [-0.25, -0.2) is 0 Å². The predicted molar refractivity (Wildman–Crippen MR) is 58.0 cm³/mol. The molecule has 1 atom stereocenters. The predicted octanol–water partition coefficient (Wildman–Crippen LogP) is 1.01. The Morgan fingerprint density at radius 3 is 2.53 bits per heavy atom. The molecular weight excluding hydrogens is 192 g/mol.